The van der Waals surface area contributed by atoms with Crippen molar-refractivity contribution in [3.05, 3.63) is 0 Å². The summed E-state index contributed by atoms with van der Waals surface area (Å²) in [6, 6.07) is 0. The van der Waals surface area contributed by atoms with E-state index in [1.165, 1.54) is 51.4 Å². The Morgan fingerprint density at radius 1 is 0.674 bits per heavy atom. The summed E-state index contributed by atoms with van der Waals surface area (Å²) in [6.45, 7) is 41.1. The SMILES string of the molecule is CC(C[C@H](O[Si](C)(C)C)C(C)(C)O[Si](C)(C)C)C1CCC2C3C(CCC12C)C1(C)CC[C@@H](O[Si](C)(C)C)C[C@H]1C[C@H]3O[Si](C)(C)C. The molecule has 270 valence electrons. The van der Waals surface area contributed by atoms with E-state index >= 15 is 0 Å². The average Bonchev–Trinajstić information content (AvgIpc) is 3.17. The van der Waals surface area contributed by atoms with Gasteiger partial charge in [-0.1, -0.05) is 20.8 Å². The molecule has 4 aliphatic rings. The molecular formula is C38H78O4Si4. The van der Waals surface area contributed by atoms with E-state index in [1.807, 2.05) is 0 Å². The monoisotopic (exact) mass is 710 g/mol. The number of rotatable bonds is 12. The Morgan fingerprint density at radius 2 is 1.24 bits per heavy atom. The molecule has 4 rings (SSSR count). The molecule has 4 nitrogen and oxygen atoms in total. The van der Waals surface area contributed by atoms with Gasteiger partial charge < -0.3 is 17.7 Å². The minimum absolute atomic E-state index is 0.144. The van der Waals surface area contributed by atoms with E-state index < -0.39 is 33.3 Å². The topological polar surface area (TPSA) is 36.9 Å². The summed E-state index contributed by atoms with van der Waals surface area (Å²) in [4.78, 5) is 0. The van der Waals surface area contributed by atoms with Gasteiger partial charge in [-0.3, -0.25) is 0 Å². The molecule has 11 atom stereocenters. The van der Waals surface area contributed by atoms with Crippen LogP contribution in [0, 0.1) is 46.3 Å². The highest BCUT2D eigenvalue weighted by Crippen LogP contribution is 2.69. The van der Waals surface area contributed by atoms with Crippen LogP contribution in [0.4, 0.5) is 0 Å². The third-order valence-electron chi connectivity index (χ3n) is 12.8. The van der Waals surface area contributed by atoms with Crippen molar-refractivity contribution in [2.24, 2.45) is 46.3 Å². The lowest BCUT2D eigenvalue weighted by Crippen LogP contribution is -2.60. The number of hydrogen-bond acceptors (Lipinski definition) is 4. The van der Waals surface area contributed by atoms with E-state index in [9.17, 15) is 0 Å². The molecular weight excluding hydrogens is 633 g/mol. The van der Waals surface area contributed by atoms with Crippen LogP contribution in [-0.4, -0.2) is 57.2 Å². The van der Waals surface area contributed by atoms with Crippen LogP contribution < -0.4 is 0 Å². The van der Waals surface area contributed by atoms with Gasteiger partial charge in [0.25, 0.3) is 0 Å². The third-order valence-corrected chi connectivity index (χ3v) is 17.0. The average molecular weight is 711 g/mol. The first-order valence-corrected chi connectivity index (χ1v) is 33.0. The van der Waals surface area contributed by atoms with Crippen molar-refractivity contribution in [1.82, 2.24) is 0 Å². The molecule has 4 saturated carbocycles. The van der Waals surface area contributed by atoms with Gasteiger partial charge in [0.05, 0.1) is 11.7 Å². The first kappa shape index (κ1) is 39.5. The van der Waals surface area contributed by atoms with Gasteiger partial charge in [0.2, 0.25) is 0 Å². The van der Waals surface area contributed by atoms with Crippen molar-refractivity contribution in [2.45, 2.75) is 195 Å². The minimum atomic E-state index is -1.75. The van der Waals surface area contributed by atoms with Crippen molar-refractivity contribution in [2.75, 3.05) is 0 Å². The highest BCUT2D eigenvalue weighted by molar-refractivity contribution is 6.71. The Morgan fingerprint density at radius 3 is 1.78 bits per heavy atom. The minimum Gasteiger partial charge on any atom is -0.415 e. The van der Waals surface area contributed by atoms with Gasteiger partial charge in [-0.25, -0.2) is 0 Å². The molecule has 46 heavy (non-hydrogen) atoms. The Balaban J connectivity index is 1.60. The molecule has 0 radical (unpaired) electrons. The maximum atomic E-state index is 7.32. The summed E-state index contributed by atoms with van der Waals surface area (Å²) >= 11 is 0. The second kappa shape index (κ2) is 13.4. The second-order valence-corrected chi connectivity index (χ2v) is 39.4. The fourth-order valence-electron chi connectivity index (χ4n) is 11.6. The largest absolute Gasteiger partial charge is 0.415 e. The number of hydrogen-bond donors (Lipinski definition) is 0. The van der Waals surface area contributed by atoms with E-state index in [2.05, 4.69) is 113 Å². The van der Waals surface area contributed by atoms with Crippen molar-refractivity contribution in [1.29, 1.82) is 0 Å². The second-order valence-electron chi connectivity index (χ2n) is 21.6. The van der Waals surface area contributed by atoms with E-state index in [1.54, 1.807) is 0 Å². The zero-order valence-corrected chi connectivity index (χ0v) is 37.7. The summed E-state index contributed by atoms with van der Waals surface area (Å²) in [5.41, 5.74) is 0.552. The summed E-state index contributed by atoms with van der Waals surface area (Å²) in [5.74, 6) is 4.37. The van der Waals surface area contributed by atoms with E-state index in [0.717, 1.165) is 30.1 Å². The molecule has 0 amide bonds. The van der Waals surface area contributed by atoms with Gasteiger partial charge in [0.1, 0.15) is 0 Å². The molecule has 0 spiro atoms. The van der Waals surface area contributed by atoms with Crippen LogP contribution in [0.25, 0.3) is 0 Å². The van der Waals surface area contributed by atoms with E-state index in [0.29, 0.717) is 34.9 Å². The van der Waals surface area contributed by atoms with Crippen molar-refractivity contribution in [3.63, 3.8) is 0 Å². The Kier molecular flexibility index (Phi) is 11.5. The molecule has 4 fully saturated rings. The van der Waals surface area contributed by atoms with Crippen molar-refractivity contribution in [3.8, 4) is 0 Å². The predicted molar refractivity (Wildman–Crippen MR) is 208 cm³/mol. The van der Waals surface area contributed by atoms with Crippen LogP contribution in [0.5, 0.6) is 0 Å². The van der Waals surface area contributed by atoms with Crippen LogP contribution in [-0.2, 0) is 17.7 Å². The van der Waals surface area contributed by atoms with Crippen LogP contribution in [0.1, 0.15) is 92.4 Å². The van der Waals surface area contributed by atoms with Gasteiger partial charge in [0.15, 0.2) is 33.3 Å². The highest BCUT2D eigenvalue weighted by atomic mass is 28.4. The molecule has 7 unspecified atom stereocenters. The lowest BCUT2D eigenvalue weighted by molar-refractivity contribution is -0.169. The summed E-state index contributed by atoms with van der Waals surface area (Å²) in [6.07, 6.45) is 12.8. The molecule has 0 N–H and O–H groups in total. The zero-order valence-electron chi connectivity index (χ0n) is 33.7. The zero-order chi connectivity index (χ0) is 34.9. The molecule has 0 bridgehead atoms. The van der Waals surface area contributed by atoms with Gasteiger partial charge in [-0.05, 0) is 197 Å². The molecule has 8 heteroatoms. The summed E-state index contributed by atoms with van der Waals surface area (Å²) in [7, 11) is -6.72. The Bertz CT molecular complexity index is 1040. The van der Waals surface area contributed by atoms with Crippen LogP contribution in [0.15, 0.2) is 0 Å². The van der Waals surface area contributed by atoms with Gasteiger partial charge in [0, 0.05) is 12.2 Å². The Hall–Kier alpha value is 0.708. The number of fused-ring (bicyclic) bond motifs is 5. The van der Waals surface area contributed by atoms with Gasteiger partial charge in [-0.2, -0.15) is 0 Å². The molecule has 4 aliphatic carbocycles. The maximum Gasteiger partial charge on any atom is 0.184 e. The van der Waals surface area contributed by atoms with Crippen LogP contribution in [0.2, 0.25) is 78.6 Å². The molecule has 0 aliphatic heterocycles. The first-order valence-electron chi connectivity index (χ1n) is 19.4. The van der Waals surface area contributed by atoms with Gasteiger partial charge in [-0.15, -0.1) is 0 Å². The molecule has 0 saturated heterocycles. The van der Waals surface area contributed by atoms with E-state index in [-0.39, 0.29) is 11.7 Å². The first-order chi connectivity index (χ1) is 20.6. The quantitative estimate of drug-likeness (QED) is 0.189. The lowest BCUT2D eigenvalue weighted by atomic mass is 9.43. The van der Waals surface area contributed by atoms with Crippen molar-refractivity contribution >= 4 is 33.3 Å². The lowest BCUT2D eigenvalue weighted by Gasteiger charge is -2.64. The standard InChI is InChI=1S/C38H78O4Si4/c1-27(24-34(41-45(12,13)14)36(2,3)42-46(15,16)17)30-18-19-31-35-32(21-23-38(30,31)5)37(4)22-20-29(39-43(6,7)8)25-28(37)26-33(35)40-44(9,10)11/h27-35H,18-26H2,1-17H3/t27?,28-,29+,30?,31?,32?,33+,34-,35?,37?,38?/m0/s1. The Labute approximate surface area is 291 Å². The van der Waals surface area contributed by atoms with E-state index in [4.69, 9.17) is 17.7 Å². The highest BCUT2D eigenvalue weighted by Gasteiger charge is 2.64. The molecule has 0 aromatic rings. The molecule has 0 aromatic heterocycles. The smallest absolute Gasteiger partial charge is 0.184 e. The fourth-order valence-corrected chi connectivity index (χ4v) is 16.9. The maximum absolute atomic E-state index is 7.32. The van der Waals surface area contributed by atoms with Crippen LogP contribution >= 0.6 is 0 Å². The van der Waals surface area contributed by atoms with Crippen LogP contribution in [0.3, 0.4) is 0 Å². The normalized spacial score (nSPS) is 38.9. The predicted octanol–water partition coefficient (Wildman–Crippen LogP) is 11.6. The molecule has 0 aromatic carbocycles. The molecule has 0 heterocycles. The van der Waals surface area contributed by atoms with Gasteiger partial charge >= 0.3 is 0 Å². The fraction of sp³-hybridized carbons (Fsp3) is 1.00. The summed E-state index contributed by atoms with van der Waals surface area (Å²) < 4.78 is 28.0. The summed E-state index contributed by atoms with van der Waals surface area (Å²) in [5, 5.41) is 0. The van der Waals surface area contributed by atoms with Crippen molar-refractivity contribution < 1.29 is 17.7 Å². The third kappa shape index (κ3) is 9.13.